The molecule has 0 aliphatic rings. The number of hydrogen-bond donors (Lipinski definition) is 1. The summed E-state index contributed by atoms with van der Waals surface area (Å²) in [6, 6.07) is 15.2. The summed E-state index contributed by atoms with van der Waals surface area (Å²) in [5, 5.41) is 12.4. The van der Waals surface area contributed by atoms with E-state index < -0.39 is 15.8 Å². The molecule has 2 aromatic carbocycles. The number of benzene rings is 2. The molecule has 0 saturated carbocycles. The Morgan fingerprint density at radius 2 is 1.78 bits per heavy atom. The number of nitrogens with one attached hydrogen (secondary N) is 1. The van der Waals surface area contributed by atoms with E-state index >= 15 is 0 Å². The van der Waals surface area contributed by atoms with Gasteiger partial charge in [-0.15, -0.1) is 10.2 Å². The summed E-state index contributed by atoms with van der Waals surface area (Å²) in [4.78, 5) is -0.137. The van der Waals surface area contributed by atoms with Crippen molar-refractivity contribution in [3.8, 4) is 11.3 Å². The first-order valence-corrected chi connectivity index (χ1v) is 9.49. The first-order valence-electron chi connectivity index (χ1n) is 8.00. The van der Waals surface area contributed by atoms with E-state index in [0.717, 1.165) is 11.6 Å². The minimum absolute atomic E-state index is 0.137. The number of anilines is 1. The van der Waals surface area contributed by atoms with E-state index in [1.54, 1.807) is 35.7 Å². The Balaban J connectivity index is 1.60. The monoisotopic (exact) mass is 383 g/mol. The predicted molar refractivity (Wildman–Crippen MR) is 98.2 cm³/mol. The second-order valence-corrected chi connectivity index (χ2v) is 7.56. The van der Waals surface area contributed by atoms with E-state index in [1.807, 2.05) is 12.1 Å². The number of nitrogens with zero attached hydrogens (tertiary/aromatic N) is 4. The highest BCUT2D eigenvalue weighted by Crippen LogP contribution is 2.22. The van der Waals surface area contributed by atoms with Gasteiger partial charge in [0.2, 0.25) is 0 Å². The van der Waals surface area contributed by atoms with E-state index in [-0.39, 0.29) is 4.90 Å². The number of fused-ring (bicyclic) bond motifs is 1. The van der Waals surface area contributed by atoms with Gasteiger partial charge >= 0.3 is 0 Å². The minimum atomic E-state index is -3.87. The Labute approximate surface area is 154 Å². The topological polar surface area (TPSA) is 89.2 Å². The van der Waals surface area contributed by atoms with Crippen LogP contribution in [-0.4, -0.2) is 28.2 Å². The van der Waals surface area contributed by atoms with Gasteiger partial charge < -0.3 is 0 Å². The molecule has 7 nitrogen and oxygen atoms in total. The minimum Gasteiger partial charge on any atom is -0.280 e. The van der Waals surface area contributed by atoms with E-state index in [1.165, 1.54) is 18.2 Å². The number of rotatable bonds is 4. The summed E-state index contributed by atoms with van der Waals surface area (Å²) in [6.45, 7) is 1.81. The first-order chi connectivity index (χ1) is 12.9. The maximum absolute atomic E-state index is 13.3. The SMILES string of the molecule is Cc1nnc2ccc(-c3ccc(NS(=O)(=O)c4cccc(F)c4)cc3)nn12. The smallest absolute Gasteiger partial charge is 0.261 e. The molecular formula is C18H14FN5O2S. The van der Waals surface area contributed by atoms with Gasteiger partial charge in [0.15, 0.2) is 11.5 Å². The van der Waals surface area contributed by atoms with Crippen LogP contribution in [0.25, 0.3) is 16.9 Å². The molecule has 2 aromatic heterocycles. The molecule has 0 amide bonds. The zero-order chi connectivity index (χ0) is 19.0. The molecule has 0 unspecified atom stereocenters. The highest BCUT2D eigenvalue weighted by Gasteiger charge is 2.15. The first kappa shape index (κ1) is 17.1. The summed E-state index contributed by atoms with van der Waals surface area (Å²) < 4.78 is 42.1. The fourth-order valence-electron chi connectivity index (χ4n) is 2.61. The summed E-state index contributed by atoms with van der Waals surface area (Å²) in [7, 11) is -3.87. The molecule has 4 aromatic rings. The van der Waals surface area contributed by atoms with Crippen molar-refractivity contribution in [3.05, 3.63) is 72.3 Å². The average Bonchev–Trinajstić information content (AvgIpc) is 3.03. The van der Waals surface area contributed by atoms with Crippen molar-refractivity contribution >= 4 is 21.4 Å². The van der Waals surface area contributed by atoms with Crippen LogP contribution in [0, 0.1) is 12.7 Å². The van der Waals surface area contributed by atoms with Crippen molar-refractivity contribution in [2.24, 2.45) is 0 Å². The molecule has 0 spiro atoms. The fraction of sp³-hybridized carbons (Fsp3) is 0.0556. The van der Waals surface area contributed by atoms with Crippen LogP contribution in [-0.2, 0) is 10.0 Å². The van der Waals surface area contributed by atoms with Crippen molar-refractivity contribution < 1.29 is 12.8 Å². The van der Waals surface area contributed by atoms with Gasteiger partial charge in [-0.1, -0.05) is 18.2 Å². The zero-order valence-electron chi connectivity index (χ0n) is 14.2. The lowest BCUT2D eigenvalue weighted by molar-refractivity contribution is 0.595. The quantitative estimate of drug-likeness (QED) is 0.585. The Bertz CT molecular complexity index is 1240. The average molecular weight is 383 g/mol. The Hall–Kier alpha value is -3.33. The van der Waals surface area contributed by atoms with Crippen molar-refractivity contribution in [2.75, 3.05) is 4.72 Å². The lowest BCUT2D eigenvalue weighted by Gasteiger charge is -2.09. The molecule has 0 radical (unpaired) electrons. The van der Waals surface area contributed by atoms with Crippen LogP contribution in [0.2, 0.25) is 0 Å². The normalized spacial score (nSPS) is 11.6. The van der Waals surface area contributed by atoms with E-state index in [2.05, 4.69) is 20.0 Å². The summed E-state index contributed by atoms with van der Waals surface area (Å²) >= 11 is 0. The Morgan fingerprint density at radius 1 is 1.00 bits per heavy atom. The molecule has 0 aliphatic heterocycles. The van der Waals surface area contributed by atoms with Gasteiger partial charge in [0.1, 0.15) is 5.82 Å². The maximum Gasteiger partial charge on any atom is 0.261 e. The molecule has 0 saturated heterocycles. The molecule has 0 fully saturated rings. The lowest BCUT2D eigenvalue weighted by Crippen LogP contribution is -2.13. The number of aryl methyl sites for hydroxylation is 1. The number of sulfonamides is 1. The van der Waals surface area contributed by atoms with Crippen molar-refractivity contribution in [3.63, 3.8) is 0 Å². The number of aromatic nitrogens is 4. The molecule has 27 heavy (non-hydrogen) atoms. The zero-order valence-corrected chi connectivity index (χ0v) is 15.0. The predicted octanol–water partition coefficient (Wildman–Crippen LogP) is 3.04. The van der Waals surface area contributed by atoms with Crippen molar-refractivity contribution in [1.29, 1.82) is 0 Å². The summed E-state index contributed by atoms with van der Waals surface area (Å²) in [5.74, 6) is 0.0605. The number of hydrogen-bond acceptors (Lipinski definition) is 5. The van der Waals surface area contributed by atoms with E-state index in [0.29, 0.717) is 22.9 Å². The van der Waals surface area contributed by atoms with Crippen LogP contribution in [0.15, 0.2) is 65.6 Å². The highest BCUT2D eigenvalue weighted by atomic mass is 32.2. The molecule has 2 heterocycles. The molecule has 0 aliphatic carbocycles. The van der Waals surface area contributed by atoms with Gasteiger partial charge in [0.25, 0.3) is 10.0 Å². The largest absolute Gasteiger partial charge is 0.280 e. The fourth-order valence-corrected chi connectivity index (χ4v) is 3.70. The third-order valence-corrected chi connectivity index (χ3v) is 5.34. The molecule has 136 valence electrons. The lowest BCUT2D eigenvalue weighted by atomic mass is 10.1. The molecule has 0 atom stereocenters. The van der Waals surface area contributed by atoms with Crippen molar-refractivity contribution in [1.82, 2.24) is 19.8 Å². The van der Waals surface area contributed by atoms with Crippen LogP contribution < -0.4 is 4.72 Å². The van der Waals surface area contributed by atoms with Gasteiger partial charge in [-0.05, 0) is 49.4 Å². The maximum atomic E-state index is 13.3. The Morgan fingerprint density at radius 3 is 2.52 bits per heavy atom. The molecule has 1 N–H and O–H groups in total. The standard InChI is InChI=1S/C18H14FN5O2S/c1-12-20-21-18-10-9-17(22-24(12)18)13-5-7-15(8-6-13)23-27(25,26)16-4-2-3-14(19)11-16/h2-11,23H,1H3. The Kier molecular flexibility index (Phi) is 4.08. The molecule has 4 rings (SSSR count). The third kappa shape index (κ3) is 3.36. The van der Waals surface area contributed by atoms with Crippen LogP contribution in [0.4, 0.5) is 10.1 Å². The van der Waals surface area contributed by atoms with Crippen molar-refractivity contribution in [2.45, 2.75) is 11.8 Å². The summed E-state index contributed by atoms with van der Waals surface area (Å²) in [5.41, 5.74) is 2.52. The van der Waals surface area contributed by atoms with Gasteiger partial charge in [-0.2, -0.15) is 9.61 Å². The van der Waals surface area contributed by atoms with Crippen LogP contribution in [0.1, 0.15) is 5.82 Å². The van der Waals surface area contributed by atoms with Crippen LogP contribution >= 0.6 is 0 Å². The molecular weight excluding hydrogens is 369 g/mol. The number of halogens is 1. The van der Waals surface area contributed by atoms with E-state index in [9.17, 15) is 12.8 Å². The van der Waals surface area contributed by atoms with Crippen LogP contribution in [0.5, 0.6) is 0 Å². The van der Waals surface area contributed by atoms with Gasteiger partial charge in [-0.25, -0.2) is 12.8 Å². The van der Waals surface area contributed by atoms with Gasteiger partial charge in [-0.3, -0.25) is 4.72 Å². The third-order valence-electron chi connectivity index (χ3n) is 3.96. The van der Waals surface area contributed by atoms with Gasteiger partial charge in [0.05, 0.1) is 10.6 Å². The van der Waals surface area contributed by atoms with E-state index in [4.69, 9.17) is 0 Å². The van der Waals surface area contributed by atoms with Crippen LogP contribution in [0.3, 0.4) is 0 Å². The van der Waals surface area contributed by atoms with Gasteiger partial charge in [0, 0.05) is 11.3 Å². The summed E-state index contributed by atoms with van der Waals surface area (Å²) in [6.07, 6.45) is 0. The molecule has 0 bridgehead atoms. The highest BCUT2D eigenvalue weighted by molar-refractivity contribution is 7.92. The second-order valence-electron chi connectivity index (χ2n) is 5.88. The molecule has 9 heteroatoms. The second kappa shape index (κ2) is 6.44.